The van der Waals surface area contributed by atoms with E-state index in [0.717, 1.165) is 35.0 Å². The van der Waals surface area contributed by atoms with Crippen molar-refractivity contribution < 1.29 is 9.15 Å². The molecule has 0 atom stereocenters. The van der Waals surface area contributed by atoms with Crippen LogP contribution in [0.15, 0.2) is 41.0 Å². The smallest absolute Gasteiger partial charge is 0.129 e. The fourth-order valence-electron chi connectivity index (χ4n) is 1.71. The predicted octanol–water partition coefficient (Wildman–Crippen LogP) is 3.76. The summed E-state index contributed by atoms with van der Waals surface area (Å²) in [4.78, 5) is 0. The van der Waals surface area contributed by atoms with E-state index in [9.17, 15) is 0 Å². The van der Waals surface area contributed by atoms with E-state index < -0.39 is 0 Å². The zero-order chi connectivity index (χ0) is 13.5. The van der Waals surface area contributed by atoms with Crippen molar-refractivity contribution in [2.24, 2.45) is 0 Å². The summed E-state index contributed by atoms with van der Waals surface area (Å²) >= 11 is 5.82. The van der Waals surface area contributed by atoms with Crippen molar-refractivity contribution in [2.45, 2.75) is 26.7 Å². The average molecular weight is 280 g/mol. The highest BCUT2D eigenvalue weighted by atomic mass is 35.5. The highest BCUT2D eigenvalue weighted by Gasteiger charge is 2.02. The van der Waals surface area contributed by atoms with E-state index in [1.807, 2.05) is 30.3 Å². The zero-order valence-corrected chi connectivity index (χ0v) is 11.7. The molecule has 0 unspecified atom stereocenters. The Morgan fingerprint density at radius 3 is 2.68 bits per heavy atom. The van der Waals surface area contributed by atoms with Gasteiger partial charge in [0, 0.05) is 17.1 Å². The Morgan fingerprint density at radius 2 is 1.95 bits per heavy atom. The molecule has 0 aliphatic carbocycles. The van der Waals surface area contributed by atoms with Crippen LogP contribution in [0.1, 0.15) is 23.8 Å². The molecule has 0 saturated carbocycles. The molecular weight excluding hydrogens is 262 g/mol. The standard InChI is InChI=1S/C15H18ClNO2/c1-2-17-8-13-7-15(19-10-13)11-18-9-12-3-5-14(16)6-4-12/h3-7,10,17H,2,8-9,11H2,1H3. The van der Waals surface area contributed by atoms with Crippen LogP contribution in [0.4, 0.5) is 0 Å². The Labute approximate surface area is 118 Å². The molecular formula is C15H18ClNO2. The van der Waals surface area contributed by atoms with Gasteiger partial charge in [0.15, 0.2) is 0 Å². The number of hydrogen-bond donors (Lipinski definition) is 1. The van der Waals surface area contributed by atoms with Crippen molar-refractivity contribution in [2.75, 3.05) is 6.54 Å². The number of nitrogens with one attached hydrogen (secondary N) is 1. The lowest BCUT2D eigenvalue weighted by atomic mass is 10.2. The van der Waals surface area contributed by atoms with E-state index >= 15 is 0 Å². The van der Waals surface area contributed by atoms with E-state index in [1.54, 1.807) is 6.26 Å². The number of benzene rings is 1. The van der Waals surface area contributed by atoms with Crippen LogP contribution in [0, 0.1) is 0 Å². The first-order valence-corrected chi connectivity index (χ1v) is 6.75. The van der Waals surface area contributed by atoms with Gasteiger partial charge in [-0.15, -0.1) is 0 Å². The van der Waals surface area contributed by atoms with Crippen molar-refractivity contribution in [3.05, 3.63) is 58.5 Å². The van der Waals surface area contributed by atoms with Crippen LogP contribution in [-0.4, -0.2) is 6.54 Å². The highest BCUT2D eigenvalue weighted by Crippen LogP contribution is 2.13. The molecule has 2 aromatic rings. The molecule has 1 aromatic carbocycles. The Kier molecular flexibility index (Phi) is 5.45. The molecule has 19 heavy (non-hydrogen) atoms. The predicted molar refractivity (Wildman–Crippen MR) is 76.0 cm³/mol. The third-order valence-corrected chi connectivity index (χ3v) is 2.97. The van der Waals surface area contributed by atoms with Crippen LogP contribution in [0.2, 0.25) is 5.02 Å². The average Bonchev–Trinajstić information content (AvgIpc) is 2.87. The van der Waals surface area contributed by atoms with E-state index in [1.165, 1.54) is 0 Å². The number of ether oxygens (including phenoxy) is 1. The quantitative estimate of drug-likeness (QED) is 0.838. The van der Waals surface area contributed by atoms with Gasteiger partial charge < -0.3 is 14.5 Å². The van der Waals surface area contributed by atoms with Crippen LogP contribution >= 0.6 is 11.6 Å². The Morgan fingerprint density at radius 1 is 1.16 bits per heavy atom. The van der Waals surface area contributed by atoms with Gasteiger partial charge in [-0.1, -0.05) is 30.7 Å². The lowest BCUT2D eigenvalue weighted by Gasteiger charge is -2.02. The maximum Gasteiger partial charge on any atom is 0.129 e. The fraction of sp³-hybridized carbons (Fsp3) is 0.333. The van der Waals surface area contributed by atoms with Gasteiger partial charge in [0.05, 0.1) is 12.9 Å². The Hall–Kier alpha value is -1.29. The fourth-order valence-corrected chi connectivity index (χ4v) is 1.84. The lowest BCUT2D eigenvalue weighted by Crippen LogP contribution is -2.10. The molecule has 102 valence electrons. The second-order valence-electron chi connectivity index (χ2n) is 4.32. The first-order chi connectivity index (χ1) is 9.28. The van der Waals surface area contributed by atoms with Crippen LogP contribution < -0.4 is 5.32 Å². The van der Waals surface area contributed by atoms with Crippen LogP contribution in [0.5, 0.6) is 0 Å². The van der Waals surface area contributed by atoms with E-state index in [-0.39, 0.29) is 0 Å². The van der Waals surface area contributed by atoms with E-state index in [2.05, 4.69) is 12.2 Å². The topological polar surface area (TPSA) is 34.4 Å². The third-order valence-electron chi connectivity index (χ3n) is 2.71. The second-order valence-corrected chi connectivity index (χ2v) is 4.76. The number of halogens is 1. The molecule has 0 aliphatic rings. The summed E-state index contributed by atoms with van der Waals surface area (Å²) in [6.45, 7) is 4.90. The molecule has 4 heteroatoms. The maximum atomic E-state index is 5.82. The van der Waals surface area contributed by atoms with Crippen molar-refractivity contribution in [1.29, 1.82) is 0 Å². The van der Waals surface area contributed by atoms with Gasteiger partial charge in [-0.25, -0.2) is 0 Å². The molecule has 0 bridgehead atoms. The van der Waals surface area contributed by atoms with Crippen molar-refractivity contribution >= 4 is 11.6 Å². The van der Waals surface area contributed by atoms with Crippen LogP contribution in [0.3, 0.4) is 0 Å². The highest BCUT2D eigenvalue weighted by molar-refractivity contribution is 6.30. The van der Waals surface area contributed by atoms with Gasteiger partial charge in [-0.05, 0) is 30.3 Å². The molecule has 0 spiro atoms. The van der Waals surface area contributed by atoms with Crippen molar-refractivity contribution in [1.82, 2.24) is 5.32 Å². The molecule has 0 saturated heterocycles. The van der Waals surface area contributed by atoms with E-state index in [4.69, 9.17) is 20.8 Å². The summed E-state index contributed by atoms with van der Waals surface area (Å²) in [5.41, 5.74) is 2.25. The molecule has 2 rings (SSSR count). The molecule has 1 N–H and O–H groups in total. The summed E-state index contributed by atoms with van der Waals surface area (Å²) in [6.07, 6.45) is 1.77. The normalized spacial score (nSPS) is 10.8. The molecule has 0 radical (unpaired) electrons. The summed E-state index contributed by atoms with van der Waals surface area (Å²) < 4.78 is 11.0. The van der Waals surface area contributed by atoms with Gasteiger partial charge in [0.25, 0.3) is 0 Å². The molecule has 0 fully saturated rings. The molecule has 1 heterocycles. The van der Waals surface area contributed by atoms with Crippen molar-refractivity contribution in [3.63, 3.8) is 0 Å². The first-order valence-electron chi connectivity index (χ1n) is 6.37. The van der Waals surface area contributed by atoms with Gasteiger partial charge in [-0.2, -0.15) is 0 Å². The molecule has 0 aliphatic heterocycles. The van der Waals surface area contributed by atoms with Crippen LogP contribution in [-0.2, 0) is 24.5 Å². The maximum absolute atomic E-state index is 5.82. The minimum Gasteiger partial charge on any atom is -0.467 e. The van der Waals surface area contributed by atoms with Gasteiger partial charge in [0.2, 0.25) is 0 Å². The zero-order valence-electron chi connectivity index (χ0n) is 11.0. The van der Waals surface area contributed by atoms with E-state index in [0.29, 0.717) is 13.2 Å². The minimum atomic E-state index is 0.481. The largest absolute Gasteiger partial charge is 0.467 e. The second kappa shape index (κ2) is 7.34. The van der Waals surface area contributed by atoms with Gasteiger partial charge in [0.1, 0.15) is 12.4 Å². The van der Waals surface area contributed by atoms with Crippen molar-refractivity contribution in [3.8, 4) is 0 Å². The Balaban J connectivity index is 1.76. The minimum absolute atomic E-state index is 0.481. The number of hydrogen-bond acceptors (Lipinski definition) is 3. The lowest BCUT2D eigenvalue weighted by molar-refractivity contribution is 0.0929. The summed E-state index contributed by atoms with van der Waals surface area (Å²) in [5.74, 6) is 0.849. The molecule has 1 aromatic heterocycles. The monoisotopic (exact) mass is 279 g/mol. The first kappa shape index (κ1) is 14.1. The SMILES string of the molecule is CCNCc1coc(COCc2ccc(Cl)cc2)c1. The van der Waals surface area contributed by atoms with Gasteiger partial charge >= 0.3 is 0 Å². The number of rotatable bonds is 7. The molecule has 0 amide bonds. The summed E-state index contributed by atoms with van der Waals surface area (Å²) in [6, 6.07) is 9.66. The summed E-state index contributed by atoms with van der Waals surface area (Å²) in [7, 11) is 0. The Bertz CT molecular complexity index is 493. The summed E-state index contributed by atoms with van der Waals surface area (Å²) in [5, 5.41) is 3.99. The number of furan rings is 1. The molecule has 3 nitrogen and oxygen atoms in total. The third kappa shape index (κ3) is 4.71. The van der Waals surface area contributed by atoms with Gasteiger partial charge in [-0.3, -0.25) is 0 Å². The van der Waals surface area contributed by atoms with Crippen LogP contribution in [0.25, 0.3) is 0 Å².